The van der Waals surface area contributed by atoms with E-state index in [9.17, 15) is 23.2 Å². The number of carbonyl (C=O) groups is 3. The number of halogens is 3. The normalized spacial score (nSPS) is 11.4. The number of benzene rings is 2. The highest BCUT2D eigenvalue weighted by Gasteiger charge is 2.20. The number of esters is 1. The molecule has 2 aromatic rings. The van der Waals surface area contributed by atoms with Crippen LogP contribution in [-0.2, 0) is 14.3 Å². The van der Waals surface area contributed by atoms with Gasteiger partial charge < -0.3 is 24.8 Å². The summed E-state index contributed by atoms with van der Waals surface area (Å²) in [5.41, 5.74) is 0.420. The van der Waals surface area contributed by atoms with E-state index in [0.29, 0.717) is 5.75 Å². The molecule has 0 spiro atoms. The molecule has 2 N–H and O–H groups in total. The fourth-order valence-corrected chi connectivity index (χ4v) is 2.61. The van der Waals surface area contributed by atoms with Gasteiger partial charge in [-0.25, -0.2) is 0 Å². The minimum Gasteiger partial charge on any atom is -0.496 e. The first kappa shape index (κ1) is 23.9. The molecule has 0 heterocycles. The van der Waals surface area contributed by atoms with Crippen LogP contribution < -0.4 is 20.1 Å². The van der Waals surface area contributed by atoms with Crippen LogP contribution in [0.5, 0.6) is 11.5 Å². The lowest BCUT2D eigenvalue weighted by molar-refractivity contribution is -0.152. The van der Waals surface area contributed by atoms with Crippen molar-refractivity contribution in [3.63, 3.8) is 0 Å². The van der Waals surface area contributed by atoms with Crippen LogP contribution in [0.4, 0.5) is 14.5 Å². The highest BCUT2D eigenvalue weighted by molar-refractivity contribution is 6.32. The summed E-state index contributed by atoms with van der Waals surface area (Å²) in [6, 6.07) is 10.1. The monoisotopic (exact) mass is 456 g/mol. The van der Waals surface area contributed by atoms with E-state index in [4.69, 9.17) is 21.1 Å². The summed E-state index contributed by atoms with van der Waals surface area (Å²) >= 11 is 5.82. The molecule has 0 saturated carbocycles. The number of methoxy groups -OCH3 is 1. The molecular weight excluding hydrogens is 438 g/mol. The maximum Gasteiger partial charge on any atom is 0.387 e. The predicted molar refractivity (Wildman–Crippen MR) is 108 cm³/mol. The van der Waals surface area contributed by atoms with Gasteiger partial charge in [-0.1, -0.05) is 23.7 Å². The third kappa shape index (κ3) is 7.10. The first-order chi connectivity index (χ1) is 14.7. The van der Waals surface area contributed by atoms with Crippen LogP contribution in [0.2, 0.25) is 5.02 Å². The molecule has 0 radical (unpaired) electrons. The number of nitrogens with one attached hydrogen (secondary N) is 2. The number of rotatable bonds is 9. The van der Waals surface area contributed by atoms with Crippen molar-refractivity contribution < 1.29 is 37.4 Å². The van der Waals surface area contributed by atoms with Crippen LogP contribution in [0.3, 0.4) is 0 Å². The number of para-hydroxylation sites is 1. The molecule has 11 heteroatoms. The van der Waals surface area contributed by atoms with Gasteiger partial charge in [-0.05, 0) is 37.3 Å². The van der Waals surface area contributed by atoms with Crippen molar-refractivity contribution in [2.24, 2.45) is 0 Å². The average molecular weight is 457 g/mol. The van der Waals surface area contributed by atoms with E-state index in [1.54, 1.807) is 18.2 Å². The largest absolute Gasteiger partial charge is 0.496 e. The van der Waals surface area contributed by atoms with Gasteiger partial charge in [0, 0.05) is 5.69 Å². The van der Waals surface area contributed by atoms with Gasteiger partial charge in [0.25, 0.3) is 11.8 Å². The minimum atomic E-state index is -3.04. The Kier molecular flexibility index (Phi) is 8.56. The molecule has 0 aromatic heterocycles. The van der Waals surface area contributed by atoms with Gasteiger partial charge >= 0.3 is 12.6 Å². The molecule has 0 aliphatic carbocycles. The second-order valence-corrected chi connectivity index (χ2v) is 6.44. The molecule has 0 fully saturated rings. The third-order valence-electron chi connectivity index (χ3n) is 3.84. The fraction of sp³-hybridized carbons (Fsp3) is 0.250. The van der Waals surface area contributed by atoms with E-state index < -0.39 is 37.0 Å². The van der Waals surface area contributed by atoms with Crippen molar-refractivity contribution in [3.8, 4) is 11.5 Å². The van der Waals surface area contributed by atoms with Gasteiger partial charge in [-0.15, -0.1) is 0 Å². The highest BCUT2D eigenvalue weighted by atomic mass is 35.5. The topological polar surface area (TPSA) is 103 Å². The Bertz CT molecular complexity index is 957. The van der Waals surface area contributed by atoms with Crippen LogP contribution in [0.25, 0.3) is 0 Å². The van der Waals surface area contributed by atoms with Gasteiger partial charge in [0.2, 0.25) is 0 Å². The molecule has 2 rings (SSSR count). The van der Waals surface area contributed by atoms with Crippen molar-refractivity contribution in [1.82, 2.24) is 5.32 Å². The molecule has 0 bridgehead atoms. The van der Waals surface area contributed by atoms with Crippen LogP contribution in [0.1, 0.15) is 17.3 Å². The van der Waals surface area contributed by atoms with Crippen molar-refractivity contribution in [3.05, 3.63) is 53.1 Å². The number of alkyl halides is 2. The number of hydrogen-bond acceptors (Lipinski definition) is 6. The molecule has 8 nitrogen and oxygen atoms in total. The number of ether oxygens (including phenoxy) is 3. The van der Waals surface area contributed by atoms with E-state index in [2.05, 4.69) is 15.4 Å². The Morgan fingerprint density at radius 3 is 2.45 bits per heavy atom. The van der Waals surface area contributed by atoms with E-state index in [0.717, 1.165) is 6.07 Å². The molecule has 2 amide bonds. The lowest BCUT2D eigenvalue weighted by Gasteiger charge is -2.15. The summed E-state index contributed by atoms with van der Waals surface area (Å²) in [6.07, 6.45) is -1.20. The summed E-state index contributed by atoms with van der Waals surface area (Å²) in [5, 5.41) is 4.67. The van der Waals surface area contributed by atoms with Crippen LogP contribution in [0.15, 0.2) is 42.5 Å². The zero-order chi connectivity index (χ0) is 23.0. The van der Waals surface area contributed by atoms with E-state index >= 15 is 0 Å². The van der Waals surface area contributed by atoms with Crippen LogP contribution in [0, 0.1) is 0 Å². The van der Waals surface area contributed by atoms with E-state index in [-0.39, 0.29) is 22.0 Å². The Labute approximate surface area is 181 Å². The molecule has 166 valence electrons. The van der Waals surface area contributed by atoms with Crippen molar-refractivity contribution in [1.29, 1.82) is 0 Å². The van der Waals surface area contributed by atoms with E-state index in [1.807, 2.05) is 0 Å². The van der Waals surface area contributed by atoms with Crippen molar-refractivity contribution >= 4 is 35.1 Å². The zero-order valence-electron chi connectivity index (χ0n) is 16.5. The van der Waals surface area contributed by atoms with Gasteiger partial charge in [-0.2, -0.15) is 8.78 Å². The number of anilines is 1. The standard InChI is InChI=1S/C20H19ClF2N2O6/c1-11(18(27)25-12-7-8-16(14(21)9-12)31-20(22)23)30-17(26)10-24-19(28)13-5-3-4-6-15(13)29-2/h3-9,11,20H,10H2,1-2H3,(H,24,28)(H,25,27). The van der Waals surface area contributed by atoms with Gasteiger partial charge in [0.15, 0.2) is 6.10 Å². The molecule has 0 saturated heterocycles. The fourth-order valence-electron chi connectivity index (χ4n) is 2.39. The SMILES string of the molecule is COc1ccccc1C(=O)NCC(=O)OC(C)C(=O)Nc1ccc(OC(F)F)c(Cl)c1. The van der Waals surface area contributed by atoms with Gasteiger partial charge in [0.1, 0.15) is 18.0 Å². The molecule has 0 aliphatic heterocycles. The maximum absolute atomic E-state index is 12.3. The predicted octanol–water partition coefficient (Wildman–Crippen LogP) is 3.25. The second-order valence-electron chi connectivity index (χ2n) is 6.03. The summed E-state index contributed by atoms with van der Waals surface area (Å²) in [7, 11) is 1.41. The van der Waals surface area contributed by atoms with Gasteiger partial charge in [-0.3, -0.25) is 14.4 Å². The van der Waals surface area contributed by atoms with Crippen LogP contribution >= 0.6 is 11.6 Å². The van der Waals surface area contributed by atoms with Gasteiger partial charge in [0.05, 0.1) is 17.7 Å². The molecular formula is C20H19ClF2N2O6. The maximum atomic E-state index is 12.3. The quantitative estimate of drug-likeness (QED) is 0.561. The van der Waals surface area contributed by atoms with Crippen molar-refractivity contribution in [2.45, 2.75) is 19.6 Å². The zero-order valence-corrected chi connectivity index (χ0v) is 17.2. The first-order valence-corrected chi connectivity index (χ1v) is 9.25. The van der Waals surface area contributed by atoms with Crippen LogP contribution in [-0.4, -0.2) is 44.2 Å². The molecule has 31 heavy (non-hydrogen) atoms. The Morgan fingerprint density at radius 2 is 1.81 bits per heavy atom. The summed E-state index contributed by atoms with van der Waals surface area (Å²) < 4.78 is 38.8. The van der Waals surface area contributed by atoms with Crippen molar-refractivity contribution in [2.75, 3.05) is 19.0 Å². The Balaban J connectivity index is 1.86. The Hall–Kier alpha value is -3.40. The molecule has 0 aliphatic rings. The second kappa shape index (κ2) is 11.1. The third-order valence-corrected chi connectivity index (χ3v) is 4.13. The lowest BCUT2D eigenvalue weighted by atomic mass is 10.2. The summed E-state index contributed by atoms with van der Waals surface area (Å²) in [6.45, 7) is -2.19. The number of hydrogen-bond donors (Lipinski definition) is 2. The highest BCUT2D eigenvalue weighted by Crippen LogP contribution is 2.29. The smallest absolute Gasteiger partial charge is 0.387 e. The number of carbonyl (C=O) groups excluding carboxylic acids is 3. The molecule has 1 unspecified atom stereocenters. The average Bonchev–Trinajstić information content (AvgIpc) is 2.73. The summed E-state index contributed by atoms with van der Waals surface area (Å²) in [4.78, 5) is 36.3. The minimum absolute atomic E-state index is 0.137. The number of amides is 2. The summed E-state index contributed by atoms with van der Waals surface area (Å²) in [5.74, 6) is -2.00. The molecule has 1 atom stereocenters. The van der Waals surface area contributed by atoms with E-state index in [1.165, 1.54) is 32.2 Å². The lowest BCUT2D eigenvalue weighted by Crippen LogP contribution is -2.36. The molecule has 2 aromatic carbocycles. The Morgan fingerprint density at radius 1 is 1.10 bits per heavy atom. The first-order valence-electron chi connectivity index (χ1n) is 8.87.